The molecule has 0 heterocycles. The Morgan fingerprint density at radius 2 is 2.19 bits per heavy atom. The van der Waals surface area contributed by atoms with Crippen molar-refractivity contribution in [2.45, 2.75) is 18.9 Å². The number of benzene rings is 1. The molecule has 6 heteroatoms. The predicted octanol–water partition coefficient (Wildman–Crippen LogP) is 2.71. The average molecular weight is 286 g/mol. The number of carbonyl (C=O) groups excluding carboxylic acids is 1. The summed E-state index contributed by atoms with van der Waals surface area (Å²) in [6.45, 7) is 0. The van der Waals surface area contributed by atoms with Crippen LogP contribution in [0.5, 0.6) is 5.75 Å². The summed E-state index contributed by atoms with van der Waals surface area (Å²) in [6, 6.07) is 2.69. The van der Waals surface area contributed by atoms with Gasteiger partial charge in [-0.25, -0.2) is 0 Å². The number of hydrogen-bond donors (Lipinski definition) is 0. The first-order valence-electron chi connectivity index (χ1n) is 4.71. The van der Waals surface area contributed by atoms with Crippen LogP contribution < -0.4 is 4.74 Å². The molecule has 1 aliphatic carbocycles. The zero-order valence-corrected chi connectivity index (χ0v) is 9.77. The lowest BCUT2D eigenvalue weighted by molar-refractivity contribution is -0.385. The van der Waals surface area contributed by atoms with Crippen molar-refractivity contribution in [3.8, 4) is 5.75 Å². The number of carbonyl (C=O) groups is 1. The molecule has 0 bridgehead atoms. The largest absolute Gasteiger partial charge is 0.489 e. The van der Waals surface area contributed by atoms with E-state index in [0.717, 1.165) is 12.8 Å². The molecule has 5 nitrogen and oxygen atoms in total. The lowest BCUT2D eigenvalue weighted by atomic mass is 10.2. The van der Waals surface area contributed by atoms with Crippen LogP contribution in [0.25, 0.3) is 0 Å². The van der Waals surface area contributed by atoms with E-state index < -0.39 is 4.92 Å². The summed E-state index contributed by atoms with van der Waals surface area (Å²) in [5.74, 6) is 0.416. The number of nitro benzene ring substituents is 1. The Hall–Kier alpha value is -1.43. The molecule has 1 aromatic carbocycles. The van der Waals surface area contributed by atoms with Crippen LogP contribution in [0.3, 0.4) is 0 Å². The number of hydrogen-bond acceptors (Lipinski definition) is 4. The minimum atomic E-state index is -0.587. The average Bonchev–Trinajstić information content (AvgIpc) is 3.04. The number of halogens is 1. The molecule has 0 radical (unpaired) electrons. The summed E-state index contributed by atoms with van der Waals surface area (Å²) in [7, 11) is 0. The molecule has 16 heavy (non-hydrogen) atoms. The van der Waals surface area contributed by atoms with Gasteiger partial charge in [0.25, 0.3) is 5.69 Å². The van der Waals surface area contributed by atoms with E-state index in [9.17, 15) is 14.9 Å². The zero-order chi connectivity index (χ0) is 11.7. The van der Waals surface area contributed by atoms with Gasteiger partial charge in [0.2, 0.25) is 0 Å². The van der Waals surface area contributed by atoms with Crippen LogP contribution in [0, 0.1) is 10.1 Å². The highest BCUT2D eigenvalue weighted by Crippen LogP contribution is 2.36. The SMILES string of the molecule is O=Cc1cc(Br)c(OC2CC2)cc1[N+](=O)[O-]. The van der Waals surface area contributed by atoms with E-state index in [1.54, 1.807) is 0 Å². The maximum atomic E-state index is 10.7. The summed E-state index contributed by atoms with van der Waals surface area (Å²) in [5, 5.41) is 10.7. The number of nitrogens with zero attached hydrogens (tertiary/aromatic N) is 1. The molecule has 1 saturated carbocycles. The fourth-order valence-corrected chi connectivity index (χ4v) is 1.72. The van der Waals surface area contributed by atoms with Crippen LogP contribution in [0.15, 0.2) is 16.6 Å². The zero-order valence-electron chi connectivity index (χ0n) is 8.18. The molecule has 1 fully saturated rings. The maximum Gasteiger partial charge on any atom is 0.283 e. The Morgan fingerprint density at radius 3 is 2.69 bits per heavy atom. The maximum absolute atomic E-state index is 10.7. The van der Waals surface area contributed by atoms with E-state index >= 15 is 0 Å². The van der Waals surface area contributed by atoms with Crippen molar-refractivity contribution >= 4 is 27.9 Å². The first-order valence-corrected chi connectivity index (χ1v) is 5.51. The van der Waals surface area contributed by atoms with Gasteiger partial charge in [-0.05, 0) is 34.8 Å². The minimum absolute atomic E-state index is 0.0417. The molecule has 2 rings (SSSR count). The molecule has 1 aliphatic rings. The van der Waals surface area contributed by atoms with E-state index in [1.807, 2.05) is 0 Å². The van der Waals surface area contributed by atoms with Crippen LogP contribution in [0.1, 0.15) is 23.2 Å². The fourth-order valence-electron chi connectivity index (χ4n) is 1.27. The van der Waals surface area contributed by atoms with Crippen molar-refractivity contribution in [1.82, 2.24) is 0 Å². The van der Waals surface area contributed by atoms with Crippen molar-refractivity contribution in [3.05, 3.63) is 32.3 Å². The third-order valence-electron chi connectivity index (χ3n) is 2.22. The molecule has 0 amide bonds. The third kappa shape index (κ3) is 2.21. The van der Waals surface area contributed by atoms with Crippen LogP contribution in [0.2, 0.25) is 0 Å². The van der Waals surface area contributed by atoms with Crippen LogP contribution in [-0.4, -0.2) is 17.3 Å². The number of ether oxygens (including phenoxy) is 1. The molecular weight excluding hydrogens is 278 g/mol. The molecule has 0 unspecified atom stereocenters. The second kappa shape index (κ2) is 4.21. The molecule has 84 valence electrons. The topological polar surface area (TPSA) is 69.4 Å². The first-order chi connectivity index (χ1) is 7.61. The van der Waals surface area contributed by atoms with E-state index in [4.69, 9.17) is 4.74 Å². The third-order valence-corrected chi connectivity index (χ3v) is 2.84. The highest BCUT2D eigenvalue weighted by atomic mass is 79.9. The van der Waals surface area contributed by atoms with E-state index in [2.05, 4.69) is 15.9 Å². The van der Waals surface area contributed by atoms with Crippen LogP contribution >= 0.6 is 15.9 Å². The molecular formula is C10H8BrNO4. The summed E-state index contributed by atoms with van der Waals surface area (Å²) in [6.07, 6.45) is 2.55. The number of nitro groups is 1. The number of aldehydes is 1. The number of rotatable bonds is 4. The minimum Gasteiger partial charge on any atom is -0.489 e. The second-order valence-corrected chi connectivity index (χ2v) is 4.39. The summed E-state index contributed by atoms with van der Waals surface area (Å²) >= 11 is 3.22. The van der Waals surface area contributed by atoms with E-state index in [1.165, 1.54) is 12.1 Å². The Bertz CT molecular complexity index is 456. The quantitative estimate of drug-likeness (QED) is 0.484. The smallest absolute Gasteiger partial charge is 0.283 e. The molecule has 0 saturated heterocycles. The van der Waals surface area contributed by atoms with Gasteiger partial charge in [0.15, 0.2) is 6.29 Å². The van der Waals surface area contributed by atoms with Gasteiger partial charge in [-0.15, -0.1) is 0 Å². The lowest BCUT2D eigenvalue weighted by Crippen LogP contribution is -2.00. The molecule has 0 atom stereocenters. The van der Waals surface area contributed by atoms with Gasteiger partial charge in [-0.1, -0.05) is 0 Å². The van der Waals surface area contributed by atoms with E-state index in [-0.39, 0.29) is 17.4 Å². The van der Waals surface area contributed by atoms with Gasteiger partial charge in [0, 0.05) is 0 Å². The van der Waals surface area contributed by atoms with Crippen LogP contribution in [0.4, 0.5) is 5.69 Å². The van der Waals surface area contributed by atoms with Crippen molar-refractivity contribution in [2.24, 2.45) is 0 Å². The van der Waals surface area contributed by atoms with Crippen molar-refractivity contribution < 1.29 is 14.5 Å². The fraction of sp³-hybridized carbons (Fsp3) is 0.300. The summed E-state index contributed by atoms with van der Waals surface area (Å²) in [4.78, 5) is 20.8. The van der Waals surface area contributed by atoms with Gasteiger partial charge >= 0.3 is 0 Å². The Balaban J connectivity index is 2.41. The van der Waals surface area contributed by atoms with Crippen molar-refractivity contribution in [2.75, 3.05) is 0 Å². The van der Waals surface area contributed by atoms with Gasteiger partial charge in [-0.3, -0.25) is 14.9 Å². The summed E-state index contributed by atoms with van der Waals surface area (Å²) in [5.41, 5.74) is -0.186. The van der Waals surface area contributed by atoms with Crippen molar-refractivity contribution in [1.29, 1.82) is 0 Å². The summed E-state index contributed by atoms with van der Waals surface area (Å²) < 4.78 is 6.04. The lowest BCUT2D eigenvalue weighted by Gasteiger charge is -2.07. The van der Waals surface area contributed by atoms with E-state index in [0.29, 0.717) is 16.5 Å². The first kappa shape index (κ1) is 11.1. The molecule has 0 N–H and O–H groups in total. The van der Waals surface area contributed by atoms with Gasteiger partial charge in [-0.2, -0.15) is 0 Å². The highest BCUT2D eigenvalue weighted by Gasteiger charge is 2.26. The van der Waals surface area contributed by atoms with Crippen molar-refractivity contribution in [3.63, 3.8) is 0 Å². The second-order valence-electron chi connectivity index (χ2n) is 3.53. The molecule has 0 aromatic heterocycles. The monoisotopic (exact) mass is 285 g/mol. The Morgan fingerprint density at radius 1 is 1.50 bits per heavy atom. The van der Waals surface area contributed by atoms with Gasteiger partial charge < -0.3 is 4.74 Å². The molecule has 0 spiro atoms. The Labute approximate surface area is 99.7 Å². The van der Waals surface area contributed by atoms with Gasteiger partial charge in [0.05, 0.1) is 27.1 Å². The van der Waals surface area contributed by atoms with Crippen LogP contribution in [-0.2, 0) is 0 Å². The van der Waals surface area contributed by atoms with Gasteiger partial charge in [0.1, 0.15) is 5.75 Å². The standard InChI is InChI=1S/C10H8BrNO4/c11-8-3-6(5-13)9(12(14)15)4-10(8)16-7-1-2-7/h3-5,7H,1-2H2. The molecule has 1 aromatic rings. The predicted molar refractivity (Wildman–Crippen MR) is 59.8 cm³/mol. The normalized spacial score (nSPS) is 14.6. The highest BCUT2D eigenvalue weighted by molar-refractivity contribution is 9.10. The Kier molecular flexibility index (Phi) is 2.91. The molecule has 0 aliphatic heterocycles.